The van der Waals surface area contributed by atoms with Crippen LogP contribution in [0.2, 0.25) is 0 Å². The molecule has 0 N–H and O–H groups in total. The summed E-state index contributed by atoms with van der Waals surface area (Å²) in [5.74, 6) is 0.126. The van der Waals surface area contributed by atoms with Crippen LogP contribution in [0.1, 0.15) is 0 Å². The first-order valence-corrected chi connectivity index (χ1v) is 6.99. The molecule has 0 unspecified atom stereocenters. The van der Waals surface area contributed by atoms with Gasteiger partial charge in [-0.25, -0.2) is 0 Å². The van der Waals surface area contributed by atoms with Crippen LogP contribution >= 0.6 is 15.9 Å². The molecule has 6 heteroatoms. The van der Waals surface area contributed by atoms with Crippen LogP contribution in [-0.2, 0) is 16.1 Å². The standard InChI is InChI=1S/C13H14BrN3O2/c14-10-7-12-11(15-8-10)1-2-17(12)9-13(18)16-3-5-19-6-4-16/h1-2,7-8H,3-6,9H2. The zero-order valence-corrected chi connectivity index (χ0v) is 12.0. The second-order valence-corrected chi connectivity index (χ2v) is 5.41. The number of pyridine rings is 1. The quantitative estimate of drug-likeness (QED) is 0.844. The minimum absolute atomic E-state index is 0.126. The molecule has 1 amide bonds. The molecule has 100 valence electrons. The summed E-state index contributed by atoms with van der Waals surface area (Å²) in [4.78, 5) is 18.4. The Morgan fingerprint density at radius 2 is 2.21 bits per heavy atom. The third-order valence-corrected chi connectivity index (χ3v) is 3.69. The molecule has 0 aliphatic carbocycles. The van der Waals surface area contributed by atoms with Gasteiger partial charge in [0.1, 0.15) is 6.54 Å². The summed E-state index contributed by atoms with van der Waals surface area (Å²) >= 11 is 3.41. The zero-order chi connectivity index (χ0) is 13.2. The van der Waals surface area contributed by atoms with Gasteiger partial charge in [-0.1, -0.05) is 0 Å². The van der Waals surface area contributed by atoms with E-state index in [-0.39, 0.29) is 5.91 Å². The van der Waals surface area contributed by atoms with E-state index in [0.29, 0.717) is 32.8 Å². The number of ether oxygens (including phenoxy) is 1. The van der Waals surface area contributed by atoms with Gasteiger partial charge in [-0.05, 0) is 28.1 Å². The molecule has 0 saturated carbocycles. The lowest BCUT2D eigenvalue weighted by Crippen LogP contribution is -2.42. The monoisotopic (exact) mass is 323 g/mol. The van der Waals surface area contributed by atoms with Crippen LogP contribution in [0.15, 0.2) is 29.0 Å². The molecule has 1 aliphatic heterocycles. The van der Waals surface area contributed by atoms with Gasteiger partial charge in [0, 0.05) is 30.0 Å². The van der Waals surface area contributed by atoms with E-state index in [9.17, 15) is 4.79 Å². The van der Waals surface area contributed by atoms with Crippen LogP contribution in [-0.4, -0.2) is 46.7 Å². The second-order valence-electron chi connectivity index (χ2n) is 4.49. The number of fused-ring (bicyclic) bond motifs is 1. The Hall–Kier alpha value is -1.40. The van der Waals surface area contributed by atoms with Crippen LogP contribution in [0.5, 0.6) is 0 Å². The van der Waals surface area contributed by atoms with Crippen LogP contribution in [0.4, 0.5) is 0 Å². The zero-order valence-electron chi connectivity index (χ0n) is 10.4. The highest BCUT2D eigenvalue weighted by Crippen LogP contribution is 2.18. The molecule has 0 bridgehead atoms. The third-order valence-electron chi connectivity index (χ3n) is 3.26. The molecule has 1 fully saturated rings. The molecule has 0 atom stereocenters. The van der Waals surface area contributed by atoms with E-state index in [1.54, 1.807) is 6.20 Å². The van der Waals surface area contributed by atoms with E-state index in [1.807, 2.05) is 27.8 Å². The van der Waals surface area contributed by atoms with Crippen LogP contribution in [0.25, 0.3) is 11.0 Å². The molecule has 5 nitrogen and oxygen atoms in total. The number of rotatable bonds is 2. The van der Waals surface area contributed by atoms with Crippen molar-refractivity contribution in [1.29, 1.82) is 0 Å². The van der Waals surface area contributed by atoms with Crippen LogP contribution in [0, 0.1) is 0 Å². The molecule has 3 rings (SSSR count). The van der Waals surface area contributed by atoms with Crippen molar-refractivity contribution in [1.82, 2.24) is 14.5 Å². The summed E-state index contributed by atoms with van der Waals surface area (Å²) in [5.41, 5.74) is 1.87. The van der Waals surface area contributed by atoms with Gasteiger partial charge in [0.05, 0.1) is 24.2 Å². The number of carbonyl (C=O) groups excluding carboxylic acids is 1. The Bertz CT molecular complexity index is 605. The SMILES string of the molecule is O=C(Cn1ccc2ncc(Br)cc21)N1CCOCC1. The lowest BCUT2D eigenvalue weighted by molar-refractivity contribution is -0.135. The lowest BCUT2D eigenvalue weighted by Gasteiger charge is -2.27. The van der Waals surface area contributed by atoms with E-state index in [1.165, 1.54) is 0 Å². The fourth-order valence-electron chi connectivity index (χ4n) is 2.23. The van der Waals surface area contributed by atoms with Crippen molar-refractivity contribution in [3.05, 3.63) is 29.0 Å². The first-order valence-electron chi connectivity index (χ1n) is 6.20. The highest BCUT2D eigenvalue weighted by molar-refractivity contribution is 9.10. The van der Waals surface area contributed by atoms with Crippen molar-refractivity contribution in [3.8, 4) is 0 Å². The van der Waals surface area contributed by atoms with Gasteiger partial charge < -0.3 is 14.2 Å². The van der Waals surface area contributed by atoms with Crippen molar-refractivity contribution in [2.75, 3.05) is 26.3 Å². The Kier molecular flexibility index (Phi) is 3.52. The largest absolute Gasteiger partial charge is 0.378 e. The average molecular weight is 324 g/mol. The number of nitrogens with zero attached hydrogens (tertiary/aromatic N) is 3. The molecule has 3 heterocycles. The first-order chi connectivity index (χ1) is 9.24. The summed E-state index contributed by atoms with van der Waals surface area (Å²) in [6.07, 6.45) is 3.67. The Labute approximate surface area is 119 Å². The Morgan fingerprint density at radius 3 is 3.00 bits per heavy atom. The predicted octanol–water partition coefficient (Wildman–Crippen LogP) is 1.66. The van der Waals surface area contributed by atoms with Gasteiger partial charge in [-0.3, -0.25) is 9.78 Å². The normalized spacial score (nSPS) is 15.9. The summed E-state index contributed by atoms with van der Waals surface area (Å²) in [5, 5.41) is 0. The molecular weight excluding hydrogens is 310 g/mol. The molecule has 0 aromatic carbocycles. The molecule has 19 heavy (non-hydrogen) atoms. The van der Waals surface area contributed by atoms with E-state index < -0.39 is 0 Å². The van der Waals surface area contributed by atoms with Gasteiger partial charge in [-0.2, -0.15) is 0 Å². The van der Waals surface area contributed by atoms with Gasteiger partial charge in [0.25, 0.3) is 0 Å². The number of carbonyl (C=O) groups is 1. The van der Waals surface area contributed by atoms with Crippen LogP contribution < -0.4 is 0 Å². The molecule has 0 radical (unpaired) electrons. The van der Waals surface area contributed by atoms with Crippen molar-refractivity contribution in [2.24, 2.45) is 0 Å². The van der Waals surface area contributed by atoms with Gasteiger partial charge in [0.15, 0.2) is 0 Å². The summed E-state index contributed by atoms with van der Waals surface area (Å²) < 4.78 is 8.11. The van der Waals surface area contributed by atoms with E-state index in [0.717, 1.165) is 15.5 Å². The number of aromatic nitrogens is 2. The van der Waals surface area contributed by atoms with Crippen molar-refractivity contribution >= 4 is 32.9 Å². The van der Waals surface area contributed by atoms with E-state index in [4.69, 9.17) is 4.74 Å². The summed E-state index contributed by atoms with van der Waals surface area (Å²) in [6, 6.07) is 3.91. The van der Waals surface area contributed by atoms with Gasteiger partial charge in [0.2, 0.25) is 5.91 Å². The molecule has 2 aromatic rings. The first kappa shape index (κ1) is 12.6. The minimum atomic E-state index is 0.126. The summed E-state index contributed by atoms with van der Waals surface area (Å²) in [7, 11) is 0. The highest BCUT2D eigenvalue weighted by Gasteiger charge is 2.17. The fraction of sp³-hybridized carbons (Fsp3) is 0.385. The molecule has 1 aliphatic rings. The lowest BCUT2D eigenvalue weighted by atomic mass is 10.3. The Balaban J connectivity index is 1.80. The number of hydrogen-bond donors (Lipinski definition) is 0. The third kappa shape index (κ3) is 2.64. The smallest absolute Gasteiger partial charge is 0.242 e. The number of morpholine rings is 1. The second kappa shape index (κ2) is 5.30. The maximum atomic E-state index is 12.2. The molecule has 2 aromatic heterocycles. The maximum absolute atomic E-state index is 12.2. The van der Waals surface area contributed by atoms with Crippen molar-refractivity contribution < 1.29 is 9.53 Å². The van der Waals surface area contributed by atoms with Gasteiger partial charge in [-0.15, -0.1) is 0 Å². The minimum Gasteiger partial charge on any atom is -0.378 e. The van der Waals surface area contributed by atoms with Crippen LogP contribution in [0.3, 0.4) is 0 Å². The topological polar surface area (TPSA) is 47.4 Å². The van der Waals surface area contributed by atoms with Gasteiger partial charge >= 0.3 is 0 Å². The van der Waals surface area contributed by atoms with Crippen molar-refractivity contribution in [2.45, 2.75) is 6.54 Å². The maximum Gasteiger partial charge on any atom is 0.242 e. The number of halogens is 1. The molecule has 0 spiro atoms. The van der Waals surface area contributed by atoms with E-state index in [2.05, 4.69) is 20.9 Å². The summed E-state index contributed by atoms with van der Waals surface area (Å²) in [6.45, 7) is 2.97. The number of amides is 1. The van der Waals surface area contributed by atoms with E-state index >= 15 is 0 Å². The molecular formula is C13H14BrN3O2. The predicted molar refractivity (Wildman–Crippen MR) is 74.8 cm³/mol. The molecule has 1 saturated heterocycles. The van der Waals surface area contributed by atoms with Crippen molar-refractivity contribution in [3.63, 3.8) is 0 Å². The number of hydrogen-bond acceptors (Lipinski definition) is 3. The highest BCUT2D eigenvalue weighted by atomic mass is 79.9. The Morgan fingerprint density at radius 1 is 1.42 bits per heavy atom. The fourth-order valence-corrected chi connectivity index (χ4v) is 2.55. The average Bonchev–Trinajstić information content (AvgIpc) is 2.82.